The quantitative estimate of drug-likeness (QED) is 0.784. The van der Waals surface area contributed by atoms with E-state index in [0.29, 0.717) is 0 Å². The Balaban J connectivity index is 2.18. The van der Waals surface area contributed by atoms with E-state index in [4.69, 9.17) is 0 Å². The van der Waals surface area contributed by atoms with Crippen molar-refractivity contribution in [2.45, 2.75) is 13.8 Å². The number of nitrogens with one attached hydrogen (secondary N) is 2. The molecule has 2 rings (SSSR count). The van der Waals surface area contributed by atoms with Gasteiger partial charge in [0.05, 0.1) is 0 Å². The van der Waals surface area contributed by atoms with E-state index in [2.05, 4.69) is 32.4 Å². The van der Waals surface area contributed by atoms with Crippen LogP contribution in [0.15, 0.2) is 6.07 Å². The maximum Gasteiger partial charge on any atom is 0.134 e. The Kier molecular flexibility index (Phi) is 3.56. The average molecular weight is 221 g/mol. The lowest BCUT2D eigenvalue weighted by Crippen LogP contribution is -2.44. The van der Waals surface area contributed by atoms with Gasteiger partial charge in [0.15, 0.2) is 0 Å². The van der Waals surface area contributed by atoms with Crippen molar-refractivity contribution in [2.24, 2.45) is 0 Å². The van der Waals surface area contributed by atoms with Gasteiger partial charge in [-0.2, -0.15) is 0 Å². The monoisotopic (exact) mass is 221 g/mol. The fourth-order valence-corrected chi connectivity index (χ4v) is 1.88. The molecule has 1 aliphatic heterocycles. The molecule has 5 nitrogen and oxygen atoms in total. The van der Waals surface area contributed by atoms with Gasteiger partial charge in [0.2, 0.25) is 0 Å². The Hall–Kier alpha value is -1.36. The molecule has 0 aromatic carbocycles. The van der Waals surface area contributed by atoms with E-state index in [1.165, 1.54) is 0 Å². The topological polar surface area (TPSA) is 53.1 Å². The van der Waals surface area contributed by atoms with E-state index < -0.39 is 0 Å². The summed E-state index contributed by atoms with van der Waals surface area (Å²) in [6.07, 6.45) is 0. The molecule has 1 aromatic heterocycles. The number of nitrogens with zero attached hydrogens (tertiary/aromatic N) is 3. The fraction of sp³-hybridized carbons (Fsp3) is 0.636. The lowest BCUT2D eigenvalue weighted by Gasteiger charge is -2.28. The minimum Gasteiger partial charge on any atom is -0.370 e. The van der Waals surface area contributed by atoms with Crippen LogP contribution in [-0.4, -0.2) is 42.7 Å². The summed E-state index contributed by atoms with van der Waals surface area (Å²) < 4.78 is 0. The molecule has 0 spiro atoms. The summed E-state index contributed by atoms with van der Waals surface area (Å²) in [6.45, 7) is 8.98. The van der Waals surface area contributed by atoms with E-state index in [1.807, 2.05) is 13.0 Å². The zero-order valence-electron chi connectivity index (χ0n) is 9.95. The van der Waals surface area contributed by atoms with Gasteiger partial charge in [-0.05, 0) is 13.8 Å². The van der Waals surface area contributed by atoms with Crippen molar-refractivity contribution in [1.82, 2.24) is 15.3 Å². The second-order valence-electron chi connectivity index (χ2n) is 3.93. The summed E-state index contributed by atoms with van der Waals surface area (Å²) in [6, 6.07) is 2.03. The summed E-state index contributed by atoms with van der Waals surface area (Å²) in [5.41, 5.74) is 0. The SMILES string of the molecule is CCNc1cc(N2CCNCC2)nc(C)n1. The number of anilines is 2. The third kappa shape index (κ3) is 2.61. The van der Waals surface area contributed by atoms with E-state index >= 15 is 0 Å². The number of hydrogen-bond acceptors (Lipinski definition) is 5. The number of rotatable bonds is 3. The first-order chi connectivity index (χ1) is 7.79. The molecular weight excluding hydrogens is 202 g/mol. The molecule has 1 aromatic rings. The first-order valence-electron chi connectivity index (χ1n) is 5.85. The first kappa shape index (κ1) is 11.1. The minimum absolute atomic E-state index is 0.826. The van der Waals surface area contributed by atoms with E-state index in [1.54, 1.807) is 0 Å². The first-order valence-corrected chi connectivity index (χ1v) is 5.85. The fourth-order valence-electron chi connectivity index (χ4n) is 1.88. The molecule has 0 unspecified atom stereocenters. The predicted molar refractivity (Wildman–Crippen MR) is 66.0 cm³/mol. The average Bonchev–Trinajstić information content (AvgIpc) is 2.30. The van der Waals surface area contributed by atoms with Gasteiger partial charge >= 0.3 is 0 Å². The maximum absolute atomic E-state index is 4.49. The lowest BCUT2D eigenvalue weighted by molar-refractivity contribution is 0.584. The number of aromatic nitrogens is 2. The normalized spacial score (nSPS) is 16.2. The molecule has 88 valence electrons. The zero-order chi connectivity index (χ0) is 11.4. The molecule has 16 heavy (non-hydrogen) atoms. The van der Waals surface area contributed by atoms with Gasteiger partial charge in [0.25, 0.3) is 0 Å². The van der Waals surface area contributed by atoms with Crippen LogP contribution in [0.4, 0.5) is 11.6 Å². The molecule has 0 atom stereocenters. The van der Waals surface area contributed by atoms with Gasteiger partial charge in [-0.25, -0.2) is 9.97 Å². The van der Waals surface area contributed by atoms with Crippen molar-refractivity contribution in [2.75, 3.05) is 42.9 Å². The highest BCUT2D eigenvalue weighted by Gasteiger charge is 2.12. The summed E-state index contributed by atoms with van der Waals surface area (Å²) >= 11 is 0. The highest BCUT2D eigenvalue weighted by Crippen LogP contribution is 2.16. The molecule has 2 heterocycles. The lowest BCUT2D eigenvalue weighted by atomic mass is 10.3. The molecule has 0 aliphatic carbocycles. The minimum atomic E-state index is 0.826. The van der Waals surface area contributed by atoms with Gasteiger partial charge in [-0.3, -0.25) is 0 Å². The summed E-state index contributed by atoms with van der Waals surface area (Å²) in [4.78, 5) is 11.1. The second-order valence-corrected chi connectivity index (χ2v) is 3.93. The highest BCUT2D eigenvalue weighted by molar-refractivity contribution is 5.49. The molecule has 0 amide bonds. The van der Waals surface area contributed by atoms with Crippen LogP contribution >= 0.6 is 0 Å². The smallest absolute Gasteiger partial charge is 0.134 e. The van der Waals surface area contributed by atoms with Crippen molar-refractivity contribution >= 4 is 11.6 Å². The summed E-state index contributed by atoms with van der Waals surface area (Å²) in [7, 11) is 0. The molecule has 1 fully saturated rings. The highest BCUT2D eigenvalue weighted by atomic mass is 15.2. The number of piperazine rings is 1. The van der Waals surface area contributed by atoms with Gasteiger partial charge in [0, 0.05) is 38.8 Å². The molecule has 1 aliphatic rings. The Labute approximate surface area is 96.3 Å². The molecular formula is C11H19N5. The Morgan fingerprint density at radius 1 is 1.38 bits per heavy atom. The van der Waals surface area contributed by atoms with Gasteiger partial charge in [-0.1, -0.05) is 0 Å². The third-order valence-electron chi connectivity index (χ3n) is 2.62. The van der Waals surface area contributed by atoms with Crippen LogP contribution in [-0.2, 0) is 0 Å². The standard InChI is InChI=1S/C11H19N5/c1-3-13-10-8-11(15-9(2)14-10)16-6-4-12-5-7-16/h8,12H,3-7H2,1-2H3,(H,13,14,15). The van der Waals surface area contributed by atoms with Crippen LogP contribution in [0.2, 0.25) is 0 Å². The largest absolute Gasteiger partial charge is 0.370 e. The number of hydrogen-bond donors (Lipinski definition) is 2. The van der Waals surface area contributed by atoms with Crippen molar-refractivity contribution in [3.05, 3.63) is 11.9 Å². The Bertz CT molecular complexity index is 346. The van der Waals surface area contributed by atoms with Crippen molar-refractivity contribution in [3.8, 4) is 0 Å². The zero-order valence-corrected chi connectivity index (χ0v) is 9.95. The molecule has 1 saturated heterocycles. The molecule has 2 N–H and O–H groups in total. The van der Waals surface area contributed by atoms with Crippen LogP contribution in [0.25, 0.3) is 0 Å². The second kappa shape index (κ2) is 5.12. The molecule has 0 bridgehead atoms. The van der Waals surface area contributed by atoms with Crippen LogP contribution in [0.1, 0.15) is 12.7 Å². The summed E-state index contributed by atoms with van der Waals surface area (Å²) in [5.74, 6) is 2.78. The third-order valence-corrected chi connectivity index (χ3v) is 2.62. The van der Waals surface area contributed by atoms with Crippen molar-refractivity contribution in [3.63, 3.8) is 0 Å². The van der Waals surface area contributed by atoms with Crippen LogP contribution < -0.4 is 15.5 Å². The molecule has 5 heteroatoms. The predicted octanol–water partition coefficient (Wildman–Crippen LogP) is 0.626. The Morgan fingerprint density at radius 2 is 2.12 bits per heavy atom. The molecule has 0 saturated carbocycles. The van der Waals surface area contributed by atoms with E-state index in [9.17, 15) is 0 Å². The Morgan fingerprint density at radius 3 is 2.81 bits per heavy atom. The van der Waals surface area contributed by atoms with Crippen molar-refractivity contribution < 1.29 is 0 Å². The van der Waals surface area contributed by atoms with E-state index in [0.717, 1.165) is 50.2 Å². The van der Waals surface area contributed by atoms with Gasteiger partial charge < -0.3 is 15.5 Å². The van der Waals surface area contributed by atoms with Gasteiger partial charge in [-0.15, -0.1) is 0 Å². The van der Waals surface area contributed by atoms with Crippen LogP contribution in [0.5, 0.6) is 0 Å². The van der Waals surface area contributed by atoms with E-state index in [-0.39, 0.29) is 0 Å². The molecule has 0 radical (unpaired) electrons. The summed E-state index contributed by atoms with van der Waals surface area (Å²) in [5, 5.41) is 6.57. The van der Waals surface area contributed by atoms with Crippen molar-refractivity contribution in [1.29, 1.82) is 0 Å². The van der Waals surface area contributed by atoms with Crippen LogP contribution in [0, 0.1) is 6.92 Å². The number of aryl methyl sites for hydroxylation is 1. The maximum atomic E-state index is 4.49. The van der Waals surface area contributed by atoms with Gasteiger partial charge in [0.1, 0.15) is 17.5 Å². The van der Waals surface area contributed by atoms with Crippen LogP contribution in [0.3, 0.4) is 0 Å².